The molecule has 1 N–H and O–H groups in total. The monoisotopic (exact) mass is 372 g/mol. The number of rotatable bonds is 5. The number of hydrogen-bond donors (Lipinski definition) is 1. The van der Waals surface area contributed by atoms with Crippen LogP contribution >= 0.6 is 0 Å². The second kappa shape index (κ2) is 9.22. The largest absolute Gasteiger partial charge is 0.368 e. The van der Waals surface area contributed by atoms with Crippen LogP contribution in [0.3, 0.4) is 0 Å². The Labute approximate surface area is 162 Å². The van der Waals surface area contributed by atoms with Gasteiger partial charge in [0.1, 0.15) is 0 Å². The number of para-hydroxylation sites is 1. The first-order chi connectivity index (χ1) is 13.1. The Morgan fingerprint density at radius 1 is 1.04 bits per heavy atom. The van der Waals surface area contributed by atoms with Crippen LogP contribution in [-0.2, 0) is 9.59 Å². The van der Waals surface area contributed by atoms with Crippen molar-refractivity contribution in [3.8, 4) is 0 Å². The van der Waals surface area contributed by atoms with Crippen molar-refractivity contribution in [2.75, 3.05) is 44.2 Å². The van der Waals surface area contributed by atoms with Gasteiger partial charge in [-0.2, -0.15) is 0 Å². The number of nitrogens with zero attached hydrogens (tertiary/aromatic N) is 3. The predicted molar refractivity (Wildman–Crippen MR) is 108 cm³/mol. The minimum Gasteiger partial charge on any atom is -0.368 e. The van der Waals surface area contributed by atoms with Crippen LogP contribution < -0.4 is 10.2 Å². The number of hydrogen-bond acceptors (Lipinski definition) is 4. The second-order valence-corrected chi connectivity index (χ2v) is 7.76. The van der Waals surface area contributed by atoms with Crippen molar-refractivity contribution < 1.29 is 9.59 Å². The number of carbonyl (C=O) groups is 2. The zero-order valence-corrected chi connectivity index (χ0v) is 16.6. The normalized spacial score (nSPS) is 21.4. The maximum Gasteiger partial charge on any atom is 0.242 e. The second-order valence-electron chi connectivity index (χ2n) is 7.76. The lowest BCUT2D eigenvalue weighted by Gasteiger charge is -2.38. The van der Waals surface area contributed by atoms with Gasteiger partial charge in [0.05, 0.1) is 12.6 Å². The summed E-state index contributed by atoms with van der Waals surface area (Å²) in [4.78, 5) is 31.5. The predicted octanol–water partition coefficient (Wildman–Crippen LogP) is 1.71. The fourth-order valence-corrected chi connectivity index (χ4v) is 4.10. The van der Waals surface area contributed by atoms with Gasteiger partial charge in [0.25, 0.3) is 0 Å². The molecule has 2 fully saturated rings. The molecular formula is C21H32N4O2. The summed E-state index contributed by atoms with van der Waals surface area (Å²) in [6.45, 7) is 8.38. The van der Waals surface area contributed by atoms with E-state index < -0.39 is 0 Å². The van der Waals surface area contributed by atoms with E-state index >= 15 is 0 Å². The number of amides is 2. The molecule has 6 heteroatoms. The molecule has 27 heavy (non-hydrogen) atoms. The molecule has 3 rings (SSSR count). The van der Waals surface area contributed by atoms with Crippen molar-refractivity contribution in [1.29, 1.82) is 0 Å². The highest BCUT2D eigenvalue weighted by Crippen LogP contribution is 2.19. The van der Waals surface area contributed by atoms with E-state index in [2.05, 4.69) is 41.1 Å². The quantitative estimate of drug-likeness (QED) is 0.855. The van der Waals surface area contributed by atoms with Crippen LogP contribution in [0.15, 0.2) is 30.3 Å². The molecule has 2 aliphatic heterocycles. The van der Waals surface area contributed by atoms with Crippen molar-refractivity contribution in [3.05, 3.63) is 30.3 Å². The molecule has 2 saturated heterocycles. The number of carbonyl (C=O) groups excluding carboxylic acids is 2. The van der Waals surface area contributed by atoms with E-state index in [1.54, 1.807) is 0 Å². The van der Waals surface area contributed by atoms with Crippen LogP contribution in [0.1, 0.15) is 33.1 Å². The van der Waals surface area contributed by atoms with Crippen LogP contribution in [0.4, 0.5) is 5.69 Å². The molecule has 0 saturated carbocycles. The van der Waals surface area contributed by atoms with E-state index in [-0.39, 0.29) is 24.4 Å². The van der Waals surface area contributed by atoms with Gasteiger partial charge in [-0.1, -0.05) is 24.6 Å². The smallest absolute Gasteiger partial charge is 0.242 e. The Morgan fingerprint density at radius 3 is 2.41 bits per heavy atom. The van der Waals surface area contributed by atoms with Crippen molar-refractivity contribution >= 4 is 17.5 Å². The molecule has 0 aliphatic carbocycles. The average molecular weight is 373 g/mol. The maximum absolute atomic E-state index is 12.6. The van der Waals surface area contributed by atoms with Crippen molar-refractivity contribution in [3.63, 3.8) is 0 Å². The molecule has 0 radical (unpaired) electrons. The average Bonchev–Trinajstić information content (AvgIpc) is 2.72. The Kier molecular flexibility index (Phi) is 6.72. The first kappa shape index (κ1) is 19.7. The van der Waals surface area contributed by atoms with Crippen molar-refractivity contribution in [2.45, 2.75) is 45.2 Å². The minimum absolute atomic E-state index is 0.000304. The highest BCUT2D eigenvalue weighted by atomic mass is 16.2. The van der Waals surface area contributed by atoms with Gasteiger partial charge in [0.2, 0.25) is 11.8 Å². The van der Waals surface area contributed by atoms with Gasteiger partial charge in [-0.05, 0) is 45.4 Å². The van der Waals surface area contributed by atoms with Crippen LogP contribution in [0.5, 0.6) is 0 Å². The summed E-state index contributed by atoms with van der Waals surface area (Å²) < 4.78 is 0. The summed E-state index contributed by atoms with van der Waals surface area (Å²) in [5.41, 5.74) is 1.20. The maximum atomic E-state index is 12.6. The third-order valence-electron chi connectivity index (χ3n) is 5.68. The summed E-state index contributed by atoms with van der Waals surface area (Å²) >= 11 is 0. The van der Waals surface area contributed by atoms with Gasteiger partial charge in [-0.15, -0.1) is 0 Å². The van der Waals surface area contributed by atoms with E-state index in [0.29, 0.717) is 19.1 Å². The van der Waals surface area contributed by atoms with Gasteiger partial charge in [-0.25, -0.2) is 0 Å². The SMILES string of the molecule is CC(C)N1CCCCC1C(=O)NCC(=O)N1CCN(c2ccccc2)CC1. The van der Waals surface area contributed by atoms with Crippen LogP contribution in [0.25, 0.3) is 0 Å². The number of likely N-dealkylation sites (tertiary alicyclic amines) is 1. The molecule has 2 heterocycles. The Hall–Kier alpha value is -2.08. The number of benzene rings is 1. The Bertz CT molecular complexity index is 626. The standard InChI is InChI=1S/C21H32N4O2/c1-17(2)25-11-7-6-10-19(25)21(27)22-16-20(26)24-14-12-23(13-15-24)18-8-4-3-5-9-18/h3-5,8-9,17,19H,6-7,10-16H2,1-2H3,(H,22,27). The molecule has 6 nitrogen and oxygen atoms in total. The molecule has 0 aromatic heterocycles. The van der Waals surface area contributed by atoms with Crippen molar-refractivity contribution in [2.24, 2.45) is 0 Å². The van der Waals surface area contributed by atoms with E-state index in [4.69, 9.17) is 0 Å². The lowest BCUT2D eigenvalue weighted by molar-refractivity contribution is -0.135. The first-order valence-corrected chi connectivity index (χ1v) is 10.2. The molecule has 1 atom stereocenters. The molecule has 148 valence electrons. The summed E-state index contributed by atoms with van der Waals surface area (Å²) in [5, 5.41) is 2.89. The van der Waals surface area contributed by atoms with Gasteiger partial charge >= 0.3 is 0 Å². The van der Waals surface area contributed by atoms with E-state index in [1.165, 1.54) is 5.69 Å². The van der Waals surface area contributed by atoms with Gasteiger partial charge < -0.3 is 15.1 Å². The minimum atomic E-state index is -0.0959. The van der Waals surface area contributed by atoms with E-state index in [0.717, 1.165) is 38.9 Å². The first-order valence-electron chi connectivity index (χ1n) is 10.2. The molecule has 1 aromatic carbocycles. The van der Waals surface area contributed by atoms with E-state index in [1.807, 2.05) is 23.1 Å². The number of piperazine rings is 1. The Morgan fingerprint density at radius 2 is 1.74 bits per heavy atom. The fourth-order valence-electron chi connectivity index (χ4n) is 4.10. The number of piperidine rings is 1. The third-order valence-corrected chi connectivity index (χ3v) is 5.68. The van der Waals surface area contributed by atoms with Gasteiger partial charge in [0, 0.05) is 37.9 Å². The lowest BCUT2D eigenvalue weighted by Crippen LogP contribution is -2.55. The third kappa shape index (κ3) is 5.01. The molecule has 0 spiro atoms. The van der Waals surface area contributed by atoms with Crippen LogP contribution in [0, 0.1) is 0 Å². The number of nitrogens with one attached hydrogen (secondary N) is 1. The zero-order chi connectivity index (χ0) is 19.2. The highest BCUT2D eigenvalue weighted by Gasteiger charge is 2.30. The summed E-state index contributed by atoms with van der Waals surface area (Å²) in [6.07, 6.45) is 3.11. The molecular weight excluding hydrogens is 340 g/mol. The highest BCUT2D eigenvalue weighted by molar-refractivity contribution is 5.87. The lowest BCUT2D eigenvalue weighted by atomic mass is 9.99. The molecule has 0 bridgehead atoms. The summed E-state index contributed by atoms with van der Waals surface area (Å²) in [5.74, 6) is 0.0163. The Balaban J connectivity index is 1.45. The molecule has 1 aromatic rings. The number of anilines is 1. The molecule has 1 unspecified atom stereocenters. The van der Waals surface area contributed by atoms with Crippen LogP contribution in [0.2, 0.25) is 0 Å². The van der Waals surface area contributed by atoms with E-state index in [9.17, 15) is 9.59 Å². The molecule has 2 aliphatic rings. The van der Waals surface area contributed by atoms with Crippen LogP contribution in [-0.4, -0.2) is 73.0 Å². The topological polar surface area (TPSA) is 55.9 Å². The zero-order valence-electron chi connectivity index (χ0n) is 16.6. The molecule has 2 amide bonds. The van der Waals surface area contributed by atoms with Gasteiger partial charge in [0.15, 0.2) is 0 Å². The fraction of sp³-hybridized carbons (Fsp3) is 0.619. The van der Waals surface area contributed by atoms with Crippen molar-refractivity contribution in [1.82, 2.24) is 15.1 Å². The summed E-state index contributed by atoms with van der Waals surface area (Å²) in [7, 11) is 0. The summed E-state index contributed by atoms with van der Waals surface area (Å²) in [6, 6.07) is 10.5. The van der Waals surface area contributed by atoms with Gasteiger partial charge in [-0.3, -0.25) is 14.5 Å².